The Morgan fingerprint density at radius 2 is 2.00 bits per heavy atom. The molecule has 1 N–H and O–H groups in total. The van der Waals surface area contributed by atoms with Crippen molar-refractivity contribution in [2.75, 3.05) is 13.2 Å². The molecule has 4 heteroatoms. The van der Waals surface area contributed by atoms with E-state index in [9.17, 15) is 0 Å². The second-order valence-corrected chi connectivity index (χ2v) is 7.15. The highest BCUT2D eigenvalue weighted by Gasteiger charge is 2.16. The van der Waals surface area contributed by atoms with Gasteiger partial charge in [-0.15, -0.1) is 0 Å². The van der Waals surface area contributed by atoms with Crippen LogP contribution in [0.4, 0.5) is 0 Å². The van der Waals surface area contributed by atoms with E-state index in [0.29, 0.717) is 0 Å². The van der Waals surface area contributed by atoms with Gasteiger partial charge in [0.25, 0.3) is 0 Å². The zero-order valence-electron chi connectivity index (χ0n) is 12.5. The number of hydrogen-bond acceptors (Lipinski definition) is 3. The topological polar surface area (TPSA) is 30.5 Å². The Morgan fingerprint density at radius 1 is 1.30 bits per heavy atom. The molecule has 1 aliphatic rings. The Labute approximate surface area is 130 Å². The molecule has 20 heavy (non-hydrogen) atoms. The number of rotatable bonds is 4. The van der Waals surface area contributed by atoms with Crippen LogP contribution in [0.15, 0.2) is 22.7 Å². The molecule has 0 amide bonds. The van der Waals surface area contributed by atoms with E-state index in [1.807, 2.05) is 0 Å². The Hall–Kier alpha value is -0.580. The quantitative estimate of drug-likeness (QED) is 0.900. The molecule has 0 atom stereocenters. The summed E-state index contributed by atoms with van der Waals surface area (Å²) in [4.78, 5) is 0. The van der Waals surface area contributed by atoms with Crippen molar-refractivity contribution in [1.29, 1.82) is 0 Å². The van der Waals surface area contributed by atoms with Crippen molar-refractivity contribution in [3.05, 3.63) is 28.2 Å². The molecule has 112 valence electrons. The van der Waals surface area contributed by atoms with E-state index in [1.165, 1.54) is 5.56 Å². The third kappa shape index (κ3) is 5.08. The Morgan fingerprint density at radius 3 is 2.60 bits per heavy atom. The summed E-state index contributed by atoms with van der Waals surface area (Å²) in [6.07, 6.45) is 2.22. The van der Waals surface area contributed by atoms with Crippen LogP contribution in [0, 0.1) is 0 Å². The number of nitrogens with one attached hydrogen (secondary N) is 1. The van der Waals surface area contributed by atoms with E-state index in [1.54, 1.807) is 0 Å². The standard InChI is InChI=1S/C16H24BrNO2/c1-16(2,3)18-11-12-4-5-15(14(17)10-12)20-13-6-8-19-9-7-13/h4-5,10,13,18H,6-9,11H2,1-3H3. The fourth-order valence-corrected chi connectivity index (χ4v) is 2.61. The second kappa shape index (κ2) is 6.92. The van der Waals surface area contributed by atoms with Crippen LogP contribution in [-0.4, -0.2) is 24.9 Å². The minimum atomic E-state index is 0.129. The largest absolute Gasteiger partial charge is 0.489 e. The fraction of sp³-hybridized carbons (Fsp3) is 0.625. The van der Waals surface area contributed by atoms with Crippen LogP contribution in [0.25, 0.3) is 0 Å². The van der Waals surface area contributed by atoms with Gasteiger partial charge in [-0.25, -0.2) is 0 Å². The van der Waals surface area contributed by atoms with Crippen molar-refractivity contribution in [2.24, 2.45) is 0 Å². The zero-order chi connectivity index (χ0) is 14.6. The van der Waals surface area contributed by atoms with Gasteiger partial charge in [-0.05, 0) is 54.4 Å². The van der Waals surface area contributed by atoms with Crippen LogP contribution in [0.2, 0.25) is 0 Å². The number of halogens is 1. The number of benzene rings is 1. The highest BCUT2D eigenvalue weighted by Crippen LogP contribution is 2.28. The highest BCUT2D eigenvalue weighted by molar-refractivity contribution is 9.10. The minimum Gasteiger partial charge on any atom is -0.489 e. The lowest BCUT2D eigenvalue weighted by Crippen LogP contribution is -2.35. The molecule has 3 nitrogen and oxygen atoms in total. The fourth-order valence-electron chi connectivity index (χ4n) is 2.09. The molecule has 0 aromatic heterocycles. The summed E-state index contributed by atoms with van der Waals surface area (Å²) in [6, 6.07) is 6.31. The van der Waals surface area contributed by atoms with Crippen LogP contribution in [-0.2, 0) is 11.3 Å². The SMILES string of the molecule is CC(C)(C)NCc1ccc(OC2CCOCC2)c(Br)c1. The molecule has 1 saturated heterocycles. The van der Waals surface area contributed by atoms with Gasteiger partial charge in [-0.3, -0.25) is 0 Å². The molecule has 0 aliphatic carbocycles. The molecular formula is C16H24BrNO2. The van der Waals surface area contributed by atoms with Crippen LogP contribution in [0.3, 0.4) is 0 Å². The van der Waals surface area contributed by atoms with Gasteiger partial charge in [0.1, 0.15) is 11.9 Å². The van der Waals surface area contributed by atoms with Crippen molar-refractivity contribution >= 4 is 15.9 Å². The van der Waals surface area contributed by atoms with Crippen molar-refractivity contribution in [3.63, 3.8) is 0 Å². The molecular weight excluding hydrogens is 318 g/mol. The Kier molecular flexibility index (Phi) is 5.47. The van der Waals surface area contributed by atoms with E-state index in [2.05, 4.69) is 60.2 Å². The first kappa shape index (κ1) is 15.8. The van der Waals surface area contributed by atoms with Gasteiger partial charge in [-0.1, -0.05) is 6.07 Å². The first-order valence-electron chi connectivity index (χ1n) is 7.22. The monoisotopic (exact) mass is 341 g/mol. The smallest absolute Gasteiger partial charge is 0.133 e. The van der Waals surface area contributed by atoms with E-state index < -0.39 is 0 Å². The summed E-state index contributed by atoms with van der Waals surface area (Å²) < 4.78 is 12.4. The van der Waals surface area contributed by atoms with Gasteiger partial charge in [0, 0.05) is 24.9 Å². The van der Waals surface area contributed by atoms with Gasteiger partial charge in [0.15, 0.2) is 0 Å². The lowest BCUT2D eigenvalue weighted by atomic mass is 10.1. The van der Waals surface area contributed by atoms with Crippen molar-refractivity contribution in [2.45, 2.75) is 51.8 Å². The number of hydrogen-bond donors (Lipinski definition) is 1. The summed E-state index contributed by atoms with van der Waals surface area (Å²) in [6.45, 7) is 8.98. The predicted molar refractivity (Wildman–Crippen MR) is 85.2 cm³/mol. The summed E-state index contributed by atoms with van der Waals surface area (Å²) in [5, 5.41) is 3.49. The van der Waals surface area contributed by atoms with Crippen molar-refractivity contribution < 1.29 is 9.47 Å². The van der Waals surface area contributed by atoms with E-state index >= 15 is 0 Å². The third-order valence-electron chi connectivity index (χ3n) is 3.28. The highest BCUT2D eigenvalue weighted by atomic mass is 79.9. The lowest BCUT2D eigenvalue weighted by molar-refractivity contribution is 0.0252. The number of ether oxygens (including phenoxy) is 2. The maximum atomic E-state index is 6.04. The molecule has 1 aromatic carbocycles. The van der Waals surface area contributed by atoms with Crippen LogP contribution in [0.5, 0.6) is 5.75 Å². The van der Waals surface area contributed by atoms with Gasteiger partial charge in [0.2, 0.25) is 0 Å². The minimum absolute atomic E-state index is 0.129. The predicted octanol–water partition coefficient (Wildman–Crippen LogP) is 3.90. The third-order valence-corrected chi connectivity index (χ3v) is 3.90. The molecule has 0 saturated carbocycles. The van der Waals surface area contributed by atoms with Crippen LogP contribution in [0.1, 0.15) is 39.2 Å². The summed E-state index contributed by atoms with van der Waals surface area (Å²) in [5.41, 5.74) is 1.38. The van der Waals surface area contributed by atoms with E-state index in [-0.39, 0.29) is 11.6 Å². The van der Waals surface area contributed by atoms with Crippen molar-refractivity contribution in [1.82, 2.24) is 5.32 Å². The van der Waals surface area contributed by atoms with Crippen molar-refractivity contribution in [3.8, 4) is 5.75 Å². The summed E-state index contributed by atoms with van der Waals surface area (Å²) >= 11 is 3.61. The summed E-state index contributed by atoms with van der Waals surface area (Å²) in [5.74, 6) is 0.927. The zero-order valence-corrected chi connectivity index (χ0v) is 14.1. The molecule has 0 spiro atoms. The molecule has 0 bridgehead atoms. The first-order chi connectivity index (χ1) is 9.44. The molecule has 1 heterocycles. The molecule has 1 fully saturated rings. The Balaban J connectivity index is 1.94. The van der Waals surface area contributed by atoms with Gasteiger partial charge >= 0.3 is 0 Å². The van der Waals surface area contributed by atoms with Gasteiger partial charge < -0.3 is 14.8 Å². The van der Waals surface area contributed by atoms with E-state index in [4.69, 9.17) is 9.47 Å². The summed E-state index contributed by atoms with van der Waals surface area (Å²) in [7, 11) is 0. The molecule has 0 unspecified atom stereocenters. The average Bonchev–Trinajstić information content (AvgIpc) is 2.40. The maximum absolute atomic E-state index is 6.04. The molecule has 0 radical (unpaired) electrons. The normalized spacial score (nSPS) is 17.2. The lowest BCUT2D eigenvalue weighted by Gasteiger charge is -2.24. The molecule has 1 aliphatic heterocycles. The van der Waals surface area contributed by atoms with Gasteiger partial charge in [-0.2, -0.15) is 0 Å². The first-order valence-corrected chi connectivity index (χ1v) is 8.01. The second-order valence-electron chi connectivity index (χ2n) is 6.30. The van der Waals surface area contributed by atoms with Gasteiger partial charge in [0.05, 0.1) is 17.7 Å². The molecule has 1 aromatic rings. The van der Waals surface area contributed by atoms with E-state index in [0.717, 1.165) is 42.8 Å². The Bertz CT molecular complexity index is 437. The average molecular weight is 342 g/mol. The van der Waals surface area contributed by atoms with Crippen LogP contribution < -0.4 is 10.1 Å². The van der Waals surface area contributed by atoms with Crippen LogP contribution >= 0.6 is 15.9 Å². The molecule has 2 rings (SSSR count). The maximum Gasteiger partial charge on any atom is 0.133 e.